The van der Waals surface area contributed by atoms with E-state index in [9.17, 15) is 8.42 Å². The van der Waals surface area contributed by atoms with Crippen LogP contribution in [0.3, 0.4) is 0 Å². The van der Waals surface area contributed by atoms with E-state index < -0.39 is 10.0 Å². The Kier molecular flexibility index (Phi) is 4.79. The maximum absolute atomic E-state index is 12.2. The van der Waals surface area contributed by atoms with Crippen LogP contribution in [-0.4, -0.2) is 33.9 Å². The van der Waals surface area contributed by atoms with E-state index in [0.717, 1.165) is 12.1 Å². The molecule has 0 amide bonds. The van der Waals surface area contributed by atoms with Crippen LogP contribution in [0.2, 0.25) is 0 Å². The molecule has 5 nitrogen and oxygen atoms in total. The van der Waals surface area contributed by atoms with E-state index in [0.29, 0.717) is 31.7 Å². The third kappa shape index (κ3) is 3.92. The van der Waals surface area contributed by atoms with Gasteiger partial charge in [0.1, 0.15) is 0 Å². The van der Waals surface area contributed by atoms with Crippen LogP contribution in [-0.2, 0) is 21.3 Å². The molecule has 1 aromatic rings. The summed E-state index contributed by atoms with van der Waals surface area (Å²) < 4.78 is 32.2. The molecular formula is C13H20N2O3S. The van der Waals surface area contributed by atoms with Crippen molar-refractivity contribution in [2.45, 2.75) is 24.6 Å². The molecule has 0 unspecified atom stereocenters. The van der Waals surface area contributed by atoms with Gasteiger partial charge in [0, 0.05) is 25.4 Å². The summed E-state index contributed by atoms with van der Waals surface area (Å²) in [5, 5.41) is 2.70. The normalized spacial score (nSPS) is 17.3. The first kappa shape index (κ1) is 14.3. The minimum absolute atomic E-state index is 0.349. The van der Waals surface area contributed by atoms with Crippen molar-refractivity contribution in [2.24, 2.45) is 0 Å². The summed E-state index contributed by atoms with van der Waals surface area (Å²) in [6, 6.07) is 7.42. The van der Waals surface area contributed by atoms with Crippen molar-refractivity contribution >= 4 is 15.7 Å². The Morgan fingerprint density at radius 3 is 2.42 bits per heavy atom. The van der Waals surface area contributed by atoms with Crippen LogP contribution in [0.4, 0.5) is 5.69 Å². The standard InChI is InChI=1S/C13H20N2O3S/c1-14-10-11-2-4-12(5-3-11)15-19(16,17)13-6-8-18-9-7-13/h2-5,13-15H,6-10H2,1H3. The molecule has 19 heavy (non-hydrogen) atoms. The first-order chi connectivity index (χ1) is 9.12. The molecule has 1 aliphatic heterocycles. The van der Waals surface area contributed by atoms with Crippen LogP contribution in [0.5, 0.6) is 0 Å². The van der Waals surface area contributed by atoms with Crippen LogP contribution >= 0.6 is 0 Å². The van der Waals surface area contributed by atoms with Gasteiger partial charge in [0.05, 0.1) is 5.25 Å². The van der Waals surface area contributed by atoms with Gasteiger partial charge in [-0.2, -0.15) is 0 Å². The van der Waals surface area contributed by atoms with Gasteiger partial charge in [0.2, 0.25) is 10.0 Å². The summed E-state index contributed by atoms with van der Waals surface area (Å²) in [5.41, 5.74) is 1.74. The lowest BCUT2D eigenvalue weighted by molar-refractivity contribution is 0.0984. The molecular weight excluding hydrogens is 264 g/mol. The number of rotatable bonds is 5. The first-order valence-electron chi connectivity index (χ1n) is 6.45. The summed E-state index contributed by atoms with van der Waals surface area (Å²) in [6.45, 7) is 1.81. The van der Waals surface area contributed by atoms with Crippen molar-refractivity contribution in [3.05, 3.63) is 29.8 Å². The molecule has 1 heterocycles. The molecule has 0 aromatic heterocycles. The molecule has 2 rings (SSSR count). The van der Waals surface area contributed by atoms with Crippen LogP contribution in [0.1, 0.15) is 18.4 Å². The van der Waals surface area contributed by atoms with Crippen molar-refractivity contribution in [3.63, 3.8) is 0 Å². The first-order valence-corrected chi connectivity index (χ1v) is 7.99. The van der Waals surface area contributed by atoms with Crippen molar-refractivity contribution in [2.75, 3.05) is 25.0 Å². The van der Waals surface area contributed by atoms with Gasteiger partial charge in [-0.05, 0) is 37.6 Å². The summed E-state index contributed by atoms with van der Waals surface area (Å²) in [5.74, 6) is 0. The highest BCUT2D eigenvalue weighted by atomic mass is 32.2. The summed E-state index contributed by atoms with van der Waals surface area (Å²) in [4.78, 5) is 0. The van der Waals surface area contributed by atoms with Gasteiger partial charge in [-0.25, -0.2) is 8.42 Å². The highest BCUT2D eigenvalue weighted by molar-refractivity contribution is 7.93. The van der Waals surface area contributed by atoms with Crippen LogP contribution in [0.25, 0.3) is 0 Å². The predicted molar refractivity (Wildman–Crippen MR) is 75.6 cm³/mol. The fourth-order valence-corrected chi connectivity index (χ4v) is 3.57. The minimum Gasteiger partial charge on any atom is -0.381 e. The smallest absolute Gasteiger partial charge is 0.235 e. The van der Waals surface area contributed by atoms with Gasteiger partial charge < -0.3 is 10.1 Å². The SMILES string of the molecule is CNCc1ccc(NS(=O)(=O)C2CCOCC2)cc1. The molecule has 1 saturated heterocycles. The topological polar surface area (TPSA) is 67.4 Å². The lowest BCUT2D eigenvalue weighted by atomic mass is 10.2. The van der Waals surface area contributed by atoms with E-state index in [-0.39, 0.29) is 5.25 Å². The van der Waals surface area contributed by atoms with E-state index in [1.54, 1.807) is 12.1 Å². The largest absolute Gasteiger partial charge is 0.381 e. The summed E-state index contributed by atoms with van der Waals surface area (Å²) in [6.07, 6.45) is 1.13. The Morgan fingerprint density at radius 1 is 1.21 bits per heavy atom. The van der Waals surface area contributed by atoms with Gasteiger partial charge in [-0.3, -0.25) is 4.72 Å². The summed E-state index contributed by atoms with van der Waals surface area (Å²) in [7, 11) is -1.43. The highest BCUT2D eigenvalue weighted by Gasteiger charge is 2.27. The Balaban J connectivity index is 2.02. The van der Waals surface area contributed by atoms with E-state index in [1.807, 2.05) is 19.2 Å². The lowest BCUT2D eigenvalue weighted by Crippen LogP contribution is -2.33. The van der Waals surface area contributed by atoms with Crippen LogP contribution in [0, 0.1) is 0 Å². The van der Waals surface area contributed by atoms with E-state index >= 15 is 0 Å². The monoisotopic (exact) mass is 284 g/mol. The number of ether oxygens (including phenoxy) is 1. The second-order valence-corrected chi connectivity index (χ2v) is 6.65. The van der Waals surface area contributed by atoms with Crippen molar-refractivity contribution < 1.29 is 13.2 Å². The van der Waals surface area contributed by atoms with Gasteiger partial charge in [0.25, 0.3) is 0 Å². The zero-order chi connectivity index (χ0) is 13.7. The molecule has 0 spiro atoms. The van der Waals surface area contributed by atoms with Crippen LogP contribution < -0.4 is 10.0 Å². The molecule has 0 saturated carbocycles. The number of anilines is 1. The molecule has 2 N–H and O–H groups in total. The summed E-state index contributed by atoms with van der Waals surface area (Å²) >= 11 is 0. The number of benzene rings is 1. The zero-order valence-corrected chi connectivity index (χ0v) is 11.9. The van der Waals surface area contributed by atoms with Crippen molar-refractivity contribution in [1.29, 1.82) is 0 Å². The molecule has 6 heteroatoms. The fraction of sp³-hybridized carbons (Fsp3) is 0.538. The molecule has 0 atom stereocenters. The Bertz CT molecular complexity index is 493. The Hall–Kier alpha value is -1.11. The van der Waals surface area contributed by atoms with Gasteiger partial charge in [-0.1, -0.05) is 12.1 Å². The molecule has 1 fully saturated rings. The maximum atomic E-state index is 12.2. The van der Waals surface area contributed by atoms with Gasteiger partial charge >= 0.3 is 0 Å². The molecule has 1 aromatic carbocycles. The molecule has 0 bridgehead atoms. The van der Waals surface area contributed by atoms with Crippen LogP contribution in [0.15, 0.2) is 24.3 Å². The second kappa shape index (κ2) is 6.36. The molecule has 106 valence electrons. The number of nitrogens with one attached hydrogen (secondary N) is 2. The maximum Gasteiger partial charge on any atom is 0.235 e. The molecule has 1 aliphatic rings. The predicted octanol–water partition coefficient (Wildman–Crippen LogP) is 1.33. The molecule has 0 aliphatic carbocycles. The van der Waals surface area contributed by atoms with E-state index in [2.05, 4.69) is 10.0 Å². The fourth-order valence-electron chi connectivity index (χ4n) is 2.13. The third-order valence-corrected chi connectivity index (χ3v) is 5.07. The lowest BCUT2D eigenvalue weighted by Gasteiger charge is -2.22. The number of sulfonamides is 1. The van der Waals surface area contributed by atoms with Crippen molar-refractivity contribution in [3.8, 4) is 0 Å². The quantitative estimate of drug-likeness (QED) is 0.856. The molecule has 0 radical (unpaired) electrons. The van der Waals surface area contributed by atoms with Crippen molar-refractivity contribution in [1.82, 2.24) is 5.32 Å². The van der Waals surface area contributed by atoms with E-state index in [4.69, 9.17) is 4.74 Å². The Morgan fingerprint density at radius 2 is 1.84 bits per heavy atom. The third-order valence-electron chi connectivity index (χ3n) is 3.20. The minimum atomic E-state index is -3.31. The van der Waals surface area contributed by atoms with E-state index in [1.165, 1.54) is 0 Å². The highest BCUT2D eigenvalue weighted by Crippen LogP contribution is 2.19. The van der Waals surface area contributed by atoms with Gasteiger partial charge in [-0.15, -0.1) is 0 Å². The average Bonchev–Trinajstić information content (AvgIpc) is 2.42. The average molecular weight is 284 g/mol. The second-order valence-electron chi connectivity index (χ2n) is 4.69. The Labute approximate surface area is 114 Å². The zero-order valence-electron chi connectivity index (χ0n) is 11.1. The number of hydrogen-bond donors (Lipinski definition) is 2. The van der Waals surface area contributed by atoms with Gasteiger partial charge in [0.15, 0.2) is 0 Å². The number of hydrogen-bond acceptors (Lipinski definition) is 4.